The number of benzene rings is 1. The van der Waals surface area contributed by atoms with Crippen LogP contribution in [0.15, 0.2) is 24.3 Å². The van der Waals surface area contributed by atoms with Crippen molar-refractivity contribution in [1.29, 1.82) is 0 Å². The molecule has 102 valence electrons. The Bertz CT molecular complexity index is 472. The number of rotatable bonds is 5. The second kappa shape index (κ2) is 6.10. The third-order valence-electron chi connectivity index (χ3n) is 3.21. The van der Waals surface area contributed by atoms with Crippen molar-refractivity contribution < 1.29 is 14.7 Å². The van der Waals surface area contributed by atoms with Gasteiger partial charge in [-0.05, 0) is 30.5 Å². The Morgan fingerprint density at radius 1 is 1.37 bits per heavy atom. The van der Waals surface area contributed by atoms with Crippen LogP contribution in [-0.4, -0.2) is 28.8 Å². The maximum Gasteiger partial charge on any atom is 0.303 e. The lowest BCUT2D eigenvalue weighted by molar-refractivity contribution is -0.137. The molecule has 0 radical (unpaired) electrons. The van der Waals surface area contributed by atoms with Gasteiger partial charge in [0.2, 0.25) is 5.91 Å². The van der Waals surface area contributed by atoms with Crippen LogP contribution in [0.25, 0.3) is 0 Å². The van der Waals surface area contributed by atoms with Gasteiger partial charge in [0, 0.05) is 30.3 Å². The summed E-state index contributed by atoms with van der Waals surface area (Å²) in [5.41, 5.74) is 1.99. The highest BCUT2D eigenvalue weighted by Crippen LogP contribution is 2.24. The number of thiol groups is 1. The molecule has 4 nitrogen and oxygen atoms in total. The third kappa shape index (κ3) is 3.73. The normalized spacial score (nSPS) is 18.9. The smallest absolute Gasteiger partial charge is 0.303 e. The lowest BCUT2D eigenvalue weighted by Gasteiger charge is -2.16. The van der Waals surface area contributed by atoms with Gasteiger partial charge in [0.1, 0.15) is 0 Å². The summed E-state index contributed by atoms with van der Waals surface area (Å²) in [6, 6.07) is 7.74. The highest BCUT2D eigenvalue weighted by Gasteiger charge is 2.27. The summed E-state index contributed by atoms with van der Waals surface area (Å²) in [6.45, 7) is 0.653. The second-order valence-electron chi connectivity index (χ2n) is 4.78. The first-order valence-corrected chi connectivity index (χ1v) is 6.87. The molecule has 0 spiro atoms. The quantitative estimate of drug-likeness (QED) is 0.812. The zero-order valence-corrected chi connectivity index (χ0v) is 11.5. The fraction of sp³-hybridized carbons (Fsp3) is 0.429. The van der Waals surface area contributed by atoms with Crippen molar-refractivity contribution in [1.82, 2.24) is 0 Å². The molecule has 1 aromatic rings. The molecule has 1 unspecified atom stereocenters. The number of anilines is 1. The summed E-state index contributed by atoms with van der Waals surface area (Å²) in [5, 5.41) is 8.70. The number of nitrogens with zero attached hydrogens (tertiary/aromatic N) is 1. The molecule has 0 saturated carbocycles. The fourth-order valence-corrected chi connectivity index (χ4v) is 2.54. The minimum Gasteiger partial charge on any atom is -0.481 e. The minimum absolute atomic E-state index is 0.110. The molecule has 19 heavy (non-hydrogen) atoms. The average Bonchev–Trinajstić information content (AvgIpc) is 2.69. The number of carboxylic acids is 1. The number of carbonyl (C=O) groups excluding carboxylic acids is 1. The van der Waals surface area contributed by atoms with E-state index >= 15 is 0 Å². The maximum atomic E-state index is 11.7. The molecule has 5 heteroatoms. The van der Waals surface area contributed by atoms with E-state index in [1.54, 1.807) is 4.90 Å². The lowest BCUT2D eigenvalue weighted by Crippen LogP contribution is -2.24. The highest BCUT2D eigenvalue weighted by atomic mass is 32.1. The van der Waals surface area contributed by atoms with E-state index in [4.69, 9.17) is 5.11 Å². The van der Waals surface area contributed by atoms with Crippen LogP contribution in [0.5, 0.6) is 0 Å². The first kappa shape index (κ1) is 13.9. The van der Waals surface area contributed by atoms with Gasteiger partial charge in [0.15, 0.2) is 0 Å². The molecule has 1 fully saturated rings. The van der Waals surface area contributed by atoms with E-state index in [-0.39, 0.29) is 17.6 Å². The molecule has 1 aromatic carbocycles. The van der Waals surface area contributed by atoms with Gasteiger partial charge in [0.25, 0.3) is 0 Å². The van der Waals surface area contributed by atoms with E-state index in [1.165, 1.54) is 0 Å². The van der Waals surface area contributed by atoms with Crippen molar-refractivity contribution >= 4 is 30.2 Å². The van der Waals surface area contributed by atoms with Gasteiger partial charge in [-0.2, -0.15) is 12.6 Å². The predicted octanol–water partition coefficient (Wildman–Crippen LogP) is 2.13. The van der Waals surface area contributed by atoms with Gasteiger partial charge in [-0.3, -0.25) is 9.59 Å². The molecule has 0 bridgehead atoms. The molecule has 1 aliphatic rings. The van der Waals surface area contributed by atoms with Gasteiger partial charge < -0.3 is 10.0 Å². The van der Waals surface area contributed by atoms with Crippen LogP contribution >= 0.6 is 12.6 Å². The second-order valence-corrected chi connectivity index (χ2v) is 5.51. The van der Waals surface area contributed by atoms with E-state index in [9.17, 15) is 9.59 Å². The van der Waals surface area contributed by atoms with Crippen molar-refractivity contribution in [2.45, 2.75) is 30.9 Å². The van der Waals surface area contributed by atoms with Crippen molar-refractivity contribution in [2.24, 2.45) is 0 Å². The molecule has 1 saturated heterocycles. The maximum absolute atomic E-state index is 11.7. The molecular formula is C14H17NO3S. The molecule has 0 aliphatic carbocycles. The van der Waals surface area contributed by atoms with Crippen LogP contribution in [0.4, 0.5) is 5.69 Å². The van der Waals surface area contributed by atoms with Gasteiger partial charge in [-0.25, -0.2) is 0 Å². The van der Waals surface area contributed by atoms with Gasteiger partial charge in [0.05, 0.1) is 0 Å². The summed E-state index contributed by atoms with van der Waals surface area (Å²) >= 11 is 4.33. The number of aliphatic carboxylic acids is 1. The number of hydrogen-bond donors (Lipinski definition) is 2. The molecule has 1 aliphatic heterocycles. The SMILES string of the molecule is O=C(O)CCCc1ccc(N2CC(S)CC2=O)cc1. The van der Waals surface area contributed by atoms with Crippen LogP contribution in [0.3, 0.4) is 0 Å². The van der Waals surface area contributed by atoms with Gasteiger partial charge >= 0.3 is 5.97 Å². The fourth-order valence-electron chi connectivity index (χ4n) is 2.22. The first-order valence-electron chi connectivity index (χ1n) is 6.35. The van der Waals surface area contributed by atoms with Crippen molar-refractivity contribution in [2.75, 3.05) is 11.4 Å². The predicted molar refractivity (Wildman–Crippen MR) is 76.8 cm³/mol. The molecule has 2 rings (SSSR count). The molecule has 0 aromatic heterocycles. The molecule has 1 N–H and O–H groups in total. The summed E-state index contributed by atoms with van der Waals surface area (Å²) < 4.78 is 0. The molecule has 1 amide bonds. The Labute approximate surface area is 117 Å². The van der Waals surface area contributed by atoms with Crippen molar-refractivity contribution in [3.05, 3.63) is 29.8 Å². The Kier molecular flexibility index (Phi) is 4.47. The van der Waals surface area contributed by atoms with E-state index in [0.29, 0.717) is 19.4 Å². The molecule has 1 atom stereocenters. The molecular weight excluding hydrogens is 262 g/mol. The number of carbonyl (C=O) groups is 2. The van der Waals surface area contributed by atoms with Crippen LogP contribution in [0.2, 0.25) is 0 Å². The number of amides is 1. The zero-order valence-electron chi connectivity index (χ0n) is 10.6. The summed E-state index contributed by atoms with van der Waals surface area (Å²) in [6.07, 6.45) is 2.06. The van der Waals surface area contributed by atoms with E-state index in [0.717, 1.165) is 17.7 Å². The average molecular weight is 279 g/mol. The number of carboxylic acid groups (broad SMARTS) is 1. The van der Waals surface area contributed by atoms with E-state index in [1.807, 2.05) is 24.3 Å². The van der Waals surface area contributed by atoms with Crippen molar-refractivity contribution in [3.8, 4) is 0 Å². The van der Waals surface area contributed by atoms with E-state index in [2.05, 4.69) is 12.6 Å². The Balaban J connectivity index is 1.95. The van der Waals surface area contributed by atoms with Crippen LogP contribution in [0.1, 0.15) is 24.8 Å². The van der Waals surface area contributed by atoms with Crippen LogP contribution < -0.4 is 4.90 Å². The molecule has 1 heterocycles. The summed E-state index contributed by atoms with van der Waals surface area (Å²) in [7, 11) is 0. The third-order valence-corrected chi connectivity index (χ3v) is 3.55. The zero-order chi connectivity index (χ0) is 13.8. The standard InChI is InChI=1S/C14H17NO3S/c16-13-8-12(19)9-15(13)11-6-4-10(5-7-11)2-1-3-14(17)18/h4-7,12,19H,1-3,8-9H2,(H,17,18). The summed E-state index contributed by atoms with van der Waals surface area (Å²) in [5.74, 6) is -0.655. The van der Waals surface area contributed by atoms with Crippen LogP contribution in [-0.2, 0) is 16.0 Å². The van der Waals surface area contributed by atoms with Gasteiger partial charge in [-0.15, -0.1) is 0 Å². The topological polar surface area (TPSA) is 57.6 Å². The monoisotopic (exact) mass is 279 g/mol. The Hall–Kier alpha value is -1.49. The number of aryl methyl sites for hydroxylation is 1. The lowest BCUT2D eigenvalue weighted by atomic mass is 10.1. The summed E-state index contributed by atoms with van der Waals surface area (Å²) in [4.78, 5) is 23.9. The first-order chi connectivity index (χ1) is 9.06. The Morgan fingerprint density at radius 2 is 2.05 bits per heavy atom. The van der Waals surface area contributed by atoms with Crippen LogP contribution in [0, 0.1) is 0 Å². The number of hydrogen-bond acceptors (Lipinski definition) is 3. The van der Waals surface area contributed by atoms with E-state index < -0.39 is 5.97 Å². The Morgan fingerprint density at radius 3 is 2.58 bits per heavy atom. The van der Waals surface area contributed by atoms with Crippen molar-refractivity contribution in [3.63, 3.8) is 0 Å². The highest BCUT2D eigenvalue weighted by molar-refractivity contribution is 7.81. The minimum atomic E-state index is -0.765. The largest absolute Gasteiger partial charge is 0.481 e. The van der Waals surface area contributed by atoms with Gasteiger partial charge in [-0.1, -0.05) is 12.1 Å².